The molecule has 1 aliphatic rings. The summed E-state index contributed by atoms with van der Waals surface area (Å²) in [6.45, 7) is 3.84. The van der Waals surface area contributed by atoms with E-state index in [-0.39, 0.29) is 5.69 Å². The second-order valence-corrected chi connectivity index (χ2v) is 7.34. The van der Waals surface area contributed by atoms with Crippen LogP contribution in [0.5, 0.6) is 0 Å². The third-order valence-corrected chi connectivity index (χ3v) is 5.24. The second kappa shape index (κ2) is 7.18. The zero-order chi connectivity index (χ0) is 17.1. The molecule has 0 atom stereocenters. The molecule has 0 unspecified atom stereocenters. The van der Waals surface area contributed by atoms with Gasteiger partial charge in [-0.25, -0.2) is 0 Å². The molecule has 8 heteroatoms. The quantitative estimate of drug-likeness (QED) is 0.614. The number of nitriles is 1. The first kappa shape index (κ1) is 16.7. The minimum absolute atomic E-state index is 0.0486. The molecule has 1 aromatic carbocycles. The van der Waals surface area contributed by atoms with Gasteiger partial charge in [-0.3, -0.25) is 15.0 Å². The number of nitrogens with zero attached hydrogens (tertiary/aromatic N) is 4. The molecule has 6 nitrogen and oxygen atoms in total. The number of piperazine rings is 1. The number of anilines is 1. The van der Waals surface area contributed by atoms with Crippen LogP contribution in [0.4, 0.5) is 11.4 Å². The number of nitro benzene ring substituents is 1. The first-order chi connectivity index (χ1) is 11.6. The van der Waals surface area contributed by atoms with Crippen molar-refractivity contribution in [1.29, 1.82) is 5.26 Å². The Morgan fingerprint density at radius 2 is 2.00 bits per heavy atom. The highest BCUT2D eigenvalue weighted by Crippen LogP contribution is 2.30. The van der Waals surface area contributed by atoms with Crippen LogP contribution in [0.2, 0.25) is 4.34 Å². The molecular formula is C16H15ClN4O2S. The van der Waals surface area contributed by atoms with Gasteiger partial charge < -0.3 is 4.90 Å². The molecule has 0 aliphatic carbocycles. The predicted octanol–water partition coefficient (Wildman–Crippen LogP) is 3.50. The molecule has 0 radical (unpaired) electrons. The summed E-state index contributed by atoms with van der Waals surface area (Å²) < 4.78 is 0.785. The van der Waals surface area contributed by atoms with Crippen LogP contribution in [-0.2, 0) is 6.54 Å². The summed E-state index contributed by atoms with van der Waals surface area (Å²) in [6, 6.07) is 10.5. The Hall–Kier alpha value is -2.14. The minimum Gasteiger partial charge on any atom is -0.363 e. The number of benzene rings is 1. The summed E-state index contributed by atoms with van der Waals surface area (Å²) in [5.41, 5.74) is 1.01. The van der Waals surface area contributed by atoms with E-state index in [9.17, 15) is 10.1 Å². The van der Waals surface area contributed by atoms with E-state index in [1.165, 1.54) is 17.0 Å². The van der Waals surface area contributed by atoms with Crippen molar-refractivity contribution in [1.82, 2.24) is 4.90 Å². The molecule has 1 saturated heterocycles. The van der Waals surface area contributed by atoms with Gasteiger partial charge in [0.1, 0.15) is 5.69 Å². The number of thiophene rings is 1. The second-order valence-electron chi connectivity index (χ2n) is 5.54. The summed E-state index contributed by atoms with van der Waals surface area (Å²) in [4.78, 5) is 16.4. The molecule has 1 fully saturated rings. The van der Waals surface area contributed by atoms with E-state index >= 15 is 0 Å². The van der Waals surface area contributed by atoms with Crippen LogP contribution in [0, 0.1) is 21.4 Å². The Morgan fingerprint density at radius 3 is 2.58 bits per heavy atom. The Bertz CT molecular complexity index is 794. The van der Waals surface area contributed by atoms with Crippen LogP contribution in [0.1, 0.15) is 10.4 Å². The van der Waals surface area contributed by atoms with Crippen LogP contribution in [-0.4, -0.2) is 36.0 Å². The van der Waals surface area contributed by atoms with Gasteiger partial charge in [0.05, 0.1) is 20.9 Å². The largest absolute Gasteiger partial charge is 0.363 e. The van der Waals surface area contributed by atoms with Crippen LogP contribution >= 0.6 is 22.9 Å². The third-order valence-electron chi connectivity index (χ3n) is 4.02. The molecule has 3 rings (SSSR count). The van der Waals surface area contributed by atoms with Gasteiger partial charge in [0.25, 0.3) is 5.69 Å². The van der Waals surface area contributed by atoms with Gasteiger partial charge in [-0.1, -0.05) is 11.6 Å². The van der Waals surface area contributed by atoms with E-state index in [1.54, 1.807) is 17.4 Å². The Morgan fingerprint density at radius 1 is 1.25 bits per heavy atom. The molecular weight excluding hydrogens is 348 g/mol. The molecule has 24 heavy (non-hydrogen) atoms. The smallest absolute Gasteiger partial charge is 0.292 e. The number of rotatable bonds is 4. The molecule has 1 aliphatic heterocycles. The van der Waals surface area contributed by atoms with Crippen molar-refractivity contribution in [3.05, 3.63) is 55.2 Å². The lowest BCUT2D eigenvalue weighted by Crippen LogP contribution is -2.46. The van der Waals surface area contributed by atoms with Gasteiger partial charge in [0.2, 0.25) is 0 Å². The van der Waals surface area contributed by atoms with Crippen molar-refractivity contribution in [2.45, 2.75) is 6.54 Å². The molecule has 2 heterocycles. The first-order valence-corrected chi connectivity index (χ1v) is 8.66. The standard InChI is InChI=1S/C16H15ClN4O2S/c17-16-4-2-13(24-16)11-19-5-7-20(8-6-19)15-9-12(10-18)1-3-14(15)21(22)23/h1-4,9H,5-8,11H2. The fraction of sp³-hybridized carbons (Fsp3) is 0.312. The van der Waals surface area contributed by atoms with Crippen molar-refractivity contribution in [3.8, 4) is 6.07 Å². The van der Waals surface area contributed by atoms with E-state index in [4.69, 9.17) is 16.9 Å². The number of halogens is 1. The fourth-order valence-electron chi connectivity index (χ4n) is 2.80. The summed E-state index contributed by atoms with van der Waals surface area (Å²) in [7, 11) is 0. The zero-order valence-corrected chi connectivity index (χ0v) is 14.4. The minimum atomic E-state index is -0.392. The van der Waals surface area contributed by atoms with Gasteiger partial charge in [0, 0.05) is 43.7 Å². The molecule has 0 N–H and O–H groups in total. The summed E-state index contributed by atoms with van der Waals surface area (Å²) >= 11 is 7.53. The van der Waals surface area contributed by atoms with Crippen molar-refractivity contribution in [3.63, 3.8) is 0 Å². The highest BCUT2D eigenvalue weighted by molar-refractivity contribution is 7.16. The maximum Gasteiger partial charge on any atom is 0.292 e. The lowest BCUT2D eigenvalue weighted by molar-refractivity contribution is -0.384. The van der Waals surface area contributed by atoms with Gasteiger partial charge in [-0.2, -0.15) is 5.26 Å². The monoisotopic (exact) mass is 362 g/mol. The van der Waals surface area contributed by atoms with Crippen LogP contribution in [0.15, 0.2) is 30.3 Å². The van der Waals surface area contributed by atoms with Crippen molar-refractivity contribution in [2.75, 3.05) is 31.1 Å². The maximum absolute atomic E-state index is 11.2. The molecule has 0 saturated carbocycles. The van der Waals surface area contributed by atoms with E-state index in [0.29, 0.717) is 24.3 Å². The normalized spacial score (nSPS) is 15.2. The molecule has 0 bridgehead atoms. The lowest BCUT2D eigenvalue weighted by Gasteiger charge is -2.35. The maximum atomic E-state index is 11.2. The first-order valence-electron chi connectivity index (χ1n) is 7.47. The Balaban J connectivity index is 1.70. The van der Waals surface area contributed by atoms with Crippen molar-refractivity contribution in [2.24, 2.45) is 0 Å². The Kier molecular flexibility index (Phi) is 5.00. The van der Waals surface area contributed by atoms with Crippen molar-refractivity contribution < 1.29 is 4.92 Å². The molecule has 2 aromatic rings. The number of nitro groups is 1. The highest BCUT2D eigenvalue weighted by Gasteiger charge is 2.24. The summed E-state index contributed by atoms with van der Waals surface area (Å²) in [6.07, 6.45) is 0. The van der Waals surface area contributed by atoms with Gasteiger partial charge in [-0.15, -0.1) is 11.3 Å². The van der Waals surface area contributed by atoms with Crippen LogP contribution < -0.4 is 4.90 Å². The average Bonchev–Trinajstić information content (AvgIpc) is 2.99. The summed E-state index contributed by atoms with van der Waals surface area (Å²) in [5, 5.41) is 20.3. The van der Waals surface area contributed by atoms with Gasteiger partial charge >= 0.3 is 0 Å². The topological polar surface area (TPSA) is 73.4 Å². The third kappa shape index (κ3) is 3.67. The highest BCUT2D eigenvalue weighted by atomic mass is 35.5. The SMILES string of the molecule is N#Cc1ccc([N+](=O)[O-])c(N2CCN(Cc3ccc(Cl)s3)CC2)c1. The van der Waals surface area contributed by atoms with Crippen molar-refractivity contribution >= 4 is 34.3 Å². The van der Waals surface area contributed by atoms with Crippen LogP contribution in [0.25, 0.3) is 0 Å². The van der Waals surface area contributed by atoms with E-state index in [2.05, 4.69) is 4.90 Å². The molecule has 0 spiro atoms. The molecule has 1 aromatic heterocycles. The zero-order valence-electron chi connectivity index (χ0n) is 12.8. The predicted molar refractivity (Wildman–Crippen MR) is 94.6 cm³/mol. The van der Waals surface area contributed by atoms with Gasteiger partial charge in [0.15, 0.2) is 0 Å². The molecule has 0 amide bonds. The van der Waals surface area contributed by atoms with E-state index < -0.39 is 4.92 Å². The molecule has 124 valence electrons. The van der Waals surface area contributed by atoms with Crippen LogP contribution in [0.3, 0.4) is 0 Å². The average molecular weight is 363 g/mol. The van der Waals surface area contributed by atoms with E-state index in [1.807, 2.05) is 23.1 Å². The lowest BCUT2D eigenvalue weighted by atomic mass is 10.1. The van der Waals surface area contributed by atoms with E-state index in [0.717, 1.165) is 24.0 Å². The van der Waals surface area contributed by atoms with Gasteiger partial charge in [-0.05, 0) is 24.3 Å². The fourth-order valence-corrected chi connectivity index (χ4v) is 3.93. The number of hydrogen-bond acceptors (Lipinski definition) is 6. The Labute approximate surface area is 148 Å². The summed E-state index contributed by atoms with van der Waals surface area (Å²) in [5.74, 6) is 0. The number of hydrogen-bond donors (Lipinski definition) is 0.